The maximum absolute atomic E-state index is 12.6. The van der Waals surface area contributed by atoms with Crippen LogP contribution in [0.3, 0.4) is 0 Å². The van der Waals surface area contributed by atoms with Crippen molar-refractivity contribution in [3.05, 3.63) is 57.8 Å². The van der Waals surface area contributed by atoms with Gasteiger partial charge in [0.05, 0.1) is 21.8 Å². The van der Waals surface area contributed by atoms with Gasteiger partial charge in [-0.3, -0.25) is 29.8 Å². The minimum atomic E-state index is -0.585. The number of para-hydroxylation sites is 1. The summed E-state index contributed by atoms with van der Waals surface area (Å²) in [5.41, 5.74) is 6.23. The maximum atomic E-state index is 12.6. The Labute approximate surface area is 181 Å². The van der Waals surface area contributed by atoms with Crippen molar-refractivity contribution in [1.82, 2.24) is 15.0 Å². The highest BCUT2D eigenvalue weighted by Gasteiger charge is 2.29. The van der Waals surface area contributed by atoms with Gasteiger partial charge in [0.25, 0.3) is 5.56 Å². The van der Waals surface area contributed by atoms with Gasteiger partial charge in [-0.1, -0.05) is 23.7 Å². The highest BCUT2D eigenvalue weighted by molar-refractivity contribution is 8.01. The van der Waals surface area contributed by atoms with E-state index < -0.39 is 11.2 Å². The number of benzene rings is 2. The first-order valence-electron chi connectivity index (χ1n) is 9.27. The number of anilines is 2. The Morgan fingerprint density at radius 1 is 1.27 bits per heavy atom. The standard InChI is InChI=1S/C20H18ClN5O3S/c1-2-26-19(29)12-5-3-4-6-13(12)23-20(26)25-24-17(27)10-16-18(28)22-14-9-11(21)7-8-15(14)30-16/h3-9,16H,2,10H2,1H3,(H,22,28)(H,23,25)(H,24,27). The van der Waals surface area contributed by atoms with Gasteiger partial charge in [0.1, 0.15) is 0 Å². The first-order chi connectivity index (χ1) is 14.5. The van der Waals surface area contributed by atoms with Crippen molar-refractivity contribution in [3.8, 4) is 0 Å². The molecule has 10 heteroatoms. The molecule has 1 aromatic heterocycles. The van der Waals surface area contributed by atoms with Gasteiger partial charge in [0.15, 0.2) is 0 Å². The SMILES string of the molecule is CCn1c(NNC(=O)CC2Sc3ccc(Cl)cc3NC2=O)nc2ccccc2c1=O. The molecule has 2 amide bonds. The average molecular weight is 444 g/mol. The van der Waals surface area contributed by atoms with Gasteiger partial charge < -0.3 is 5.32 Å². The number of hydrogen-bond donors (Lipinski definition) is 3. The predicted octanol–water partition coefficient (Wildman–Crippen LogP) is 3.02. The molecular weight excluding hydrogens is 426 g/mol. The number of amides is 2. The summed E-state index contributed by atoms with van der Waals surface area (Å²) >= 11 is 7.26. The van der Waals surface area contributed by atoms with Crippen LogP contribution in [0.15, 0.2) is 52.2 Å². The molecule has 8 nitrogen and oxygen atoms in total. The Hall–Kier alpha value is -3.04. The van der Waals surface area contributed by atoms with Crippen LogP contribution >= 0.6 is 23.4 Å². The van der Waals surface area contributed by atoms with E-state index in [0.29, 0.717) is 28.2 Å². The molecule has 1 unspecified atom stereocenters. The summed E-state index contributed by atoms with van der Waals surface area (Å²) in [5.74, 6) is -0.431. The number of hydrazine groups is 1. The Balaban J connectivity index is 1.46. The van der Waals surface area contributed by atoms with Gasteiger partial charge >= 0.3 is 0 Å². The number of halogens is 1. The number of fused-ring (bicyclic) bond motifs is 2. The molecular formula is C20H18ClN5O3S. The van der Waals surface area contributed by atoms with E-state index in [0.717, 1.165) is 4.90 Å². The van der Waals surface area contributed by atoms with Crippen LogP contribution in [-0.4, -0.2) is 26.6 Å². The molecule has 2 heterocycles. The van der Waals surface area contributed by atoms with Crippen LogP contribution in [-0.2, 0) is 16.1 Å². The lowest BCUT2D eigenvalue weighted by Crippen LogP contribution is -2.38. The van der Waals surface area contributed by atoms with Crippen LogP contribution < -0.4 is 21.7 Å². The third kappa shape index (κ3) is 3.99. The summed E-state index contributed by atoms with van der Waals surface area (Å²) < 4.78 is 1.44. The molecule has 0 saturated carbocycles. The molecule has 4 rings (SSSR count). The molecule has 1 aliphatic rings. The minimum Gasteiger partial charge on any atom is -0.324 e. The van der Waals surface area contributed by atoms with Crippen molar-refractivity contribution in [2.24, 2.45) is 0 Å². The number of nitrogens with one attached hydrogen (secondary N) is 3. The number of thioether (sulfide) groups is 1. The van der Waals surface area contributed by atoms with Gasteiger partial charge in [0, 0.05) is 22.9 Å². The molecule has 30 heavy (non-hydrogen) atoms. The molecule has 0 aliphatic carbocycles. The molecule has 2 aromatic carbocycles. The summed E-state index contributed by atoms with van der Waals surface area (Å²) in [6, 6.07) is 12.2. The average Bonchev–Trinajstić information content (AvgIpc) is 2.73. The van der Waals surface area contributed by atoms with Gasteiger partial charge in [-0.05, 0) is 37.3 Å². The fraction of sp³-hybridized carbons (Fsp3) is 0.200. The minimum absolute atomic E-state index is 0.0461. The third-order valence-electron chi connectivity index (χ3n) is 4.62. The Kier molecular flexibility index (Phi) is 5.65. The monoisotopic (exact) mass is 443 g/mol. The van der Waals surface area contributed by atoms with Crippen molar-refractivity contribution in [1.29, 1.82) is 0 Å². The van der Waals surface area contributed by atoms with Crippen molar-refractivity contribution >= 4 is 57.7 Å². The van der Waals surface area contributed by atoms with E-state index in [1.807, 2.05) is 13.0 Å². The molecule has 0 spiro atoms. The lowest BCUT2D eigenvalue weighted by atomic mass is 10.2. The fourth-order valence-corrected chi connectivity index (χ4v) is 4.42. The van der Waals surface area contributed by atoms with Crippen LogP contribution in [0.2, 0.25) is 5.02 Å². The lowest BCUT2D eigenvalue weighted by molar-refractivity contribution is -0.123. The number of rotatable bonds is 5. The summed E-state index contributed by atoms with van der Waals surface area (Å²) in [6.07, 6.45) is -0.0461. The Morgan fingerprint density at radius 3 is 2.87 bits per heavy atom. The van der Waals surface area contributed by atoms with Crippen LogP contribution in [0.25, 0.3) is 10.9 Å². The van der Waals surface area contributed by atoms with Gasteiger partial charge in [0.2, 0.25) is 17.8 Å². The molecule has 1 atom stereocenters. The summed E-state index contributed by atoms with van der Waals surface area (Å²) in [4.78, 5) is 42.7. The van der Waals surface area contributed by atoms with E-state index in [4.69, 9.17) is 11.6 Å². The van der Waals surface area contributed by atoms with E-state index in [2.05, 4.69) is 21.2 Å². The van der Waals surface area contributed by atoms with Crippen LogP contribution in [0.5, 0.6) is 0 Å². The number of hydrogen-bond acceptors (Lipinski definition) is 6. The van der Waals surface area contributed by atoms with Crippen molar-refractivity contribution in [2.75, 3.05) is 10.7 Å². The second-order valence-electron chi connectivity index (χ2n) is 6.62. The molecule has 0 fully saturated rings. The lowest BCUT2D eigenvalue weighted by Gasteiger charge is -2.24. The molecule has 154 valence electrons. The number of nitrogens with zero attached hydrogens (tertiary/aromatic N) is 2. The van der Waals surface area contributed by atoms with Gasteiger partial charge in [-0.15, -0.1) is 11.8 Å². The quantitative estimate of drug-likeness (QED) is 0.523. The zero-order valence-electron chi connectivity index (χ0n) is 15.9. The largest absolute Gasteiger partial charge is 0.324 e. The smallest absolute Gasteiger partial charge is 0.262 e. The molecule has 0 saturated heterocycles. The highest BCUT2D eigenvalue weighted by Crippen LogP contribution is 2.38. The van der Waals surface area contributed by atoms with Crippen molar-refractivity contribution in [3.63, 3.8) is 0 Å². The molecule has 3 aromatic rings. The summed E-state index contributed by atoms with van der Waals surface area (Å²) in [7, 11) is 0. The fourth-order valence-electron chi connectivity index (χ4n) is 3.16. The Bertz CT molecular complexity index is 1210. The second kappa shape index (κ2) is 8.37. The maximum Gasteiger partial charge on any atom is 0.262 e. The molecule has 0 radical (unpaired) electrons. The van der Waals surface area contributed by atoms with E-state index in [1.165, 1.54) is 16.3 Å². The number of carbonyl (C=O) groups excluding carboxylic acids is 2. The van der Waals surface area contributed by atoms with E-state index in [-0.39, 0.29) is 23.8 Å². The van der Waals surface area contributed by atoms with Crippen molar-refractivity contribution in [2.45, 2.75) is 30.0 Å². The highest BCUT2D eigenvalue weighted by atomic mass is 35.5. The summed E-state index contributed by atoms with van der Waals surface area (Å²) in [5, 5.41) is 3.22. The number of aromatic nitrogens is 2. The Morgan fingerprint density at radius 2 is 2.07 bits per heavy atom. The predicted molar refractivity (Wildman–Crippen MR) is 118 cm³/mol. The summed E-state index contributed by atoms with van der Waals surface area (Å²) in [6.45, 7) is 2.20. The van der Waals surface area contributed by atoms with Gasteiger partial charge in [-0.2, -0.15) is 0 Å². The number of carbonyl (C=O) groups is 2. The van der Waals surface area contributed by atoms with E-state index in [9.17, 15) is 14.4 Å². The topological polar surface area (TPSA) is 105 Å². The second-order valence-corrected chi connectivity index (χ2v) is 8.30. The van der Waals surface area contributed by atoms with Crippen molar-refractivity contribution < 1.29 is 9.59 Å². The van der Waals surface area contributed by atoms with E-state index >= 15 is 0 Å². The van der Waals surface area contributed by atoms with E-state index in [1.54, 1.807) is 36.4 Å². The van der Waals surface area contributed by atoms with Crippen LogP contribution in [0.1, 0.15) is 13.3 Å². The normalized spacial score (nSPS) is 15.4. The molecule has 1 aliphatic heterocycles. The zero-order chi connectivity index (χ0) is 21.3. The van der Waals surface area contributed by atoms with Crippen LogP contribution in [0, 0.1) is 0 Å². The third-order valence-corrected chi connectivity index (χ3v) is 6.13. The first-order valence-corrected chi connectivity index (χ1v) is 10.5. The molecule has 0 bridgehead atoms. The first kappa shape index (κ1) is 20.2. The van der Waals surface area contributed by atoms with Gasteiger partial charge in [-0.25, -0.2) is 4.98 Å². The zero-order valence-corrected chi connectivity index (χ0v) is 17.5. The van der Waals surface area contributed by atoms with Crippen LogP contribution in [0.4, 0.5) is 11.6 Å². The molecule has 3 N–H and O–H groups in total.